The summed E-state index contributed by atoms with van der Waals surface area (Å²) in [6, 6.07) is 3.93. The van der Waals surface area contributed by atoms with E-state index in [4.69, 9.17) is 5.11 Å². The molecule has 2 atom stereocenters. The molecule has 1 aliphatic carbocycles. The minimum Gasteiger partial charge on any atom is -0.481 e. The summed E-state index contributed by atoms with van der Waals surface area (Å²) in [5.74, 6) is -1.68. The third-order valence-electron chi connectivity index (χ3n) is 3.09. The highest BCUT2D eigenvalue weighted by molar-refractivity contribution is 9.11. The molecule has 2 rings (SSSR count). The second-order valence-corrected chi connectivity index (χ2v) is 6.89. The molecule has 0 spiro atoms. The van der Waals surface area contributed by atoms with E-state index >= 15 is 0 Å². The van der Waals surface area contributed by atoms with E-state index < -0.39 is 11.9 Å². The highest BCUT2D eigenvalue weighted by atomic mass is 79.9. The SMILES string of the molecule is CCN(Cc1ccc(Br)s1)C(=O)C1CC1C(=O)O. The van der Waals surface area contributed by atoms with Crippen LogP contribution >= 0.6 is 27.3 Å². The molecule has 1 heterocycles. The number of rotatable bonds is 5. The number of nitrogens with zero attached hydrogens (tertiary/aromatic N) is 1. The molecule has 18 heavy (non-hydrogen) atoms. The maximum absolute atomic E-state index is 12.1. The fraction of sp³-hybridized carbons (Fsp3) is 0.500. The van der Waals surface area contributed by atoms with Crippen molar-refractivity contribution < 1.29 is 14.7 Å². The third kappa shape index (κ3) is 2.92. The number of halogens is 1. The monoisotopic (exact) mass is 331 g/mol. The smallest absolute Gasteiger partial charge is 0.307 e. The van der Waals surface area contributed by atoms with Crippen LogP contribution in [0.1, 0.15) is 18.2 Å². The molecule has 1 fully saturated rings. The molecule has 98 valence electrons. The summed E-state index contributed by atoms with van der Waals surface area (Å²) in [6.07, 6.45) is 0.485. The molecule has 1 N–H and O–H groups in total. The van der Waals surface area contributed by atoms with Crippen molar-refractivity contribution in [2.24, 2.45) is 11.8 Å². The summed E-state index contributed by atoms with van der Waals surface area (Å²) in [5.41, 5.74) is 0. The van der Waals surface area contributed by atoms with Gasteiger partial charge in [-0.1, -0.05) is 0 Å². The van der Waals surface area contributed by atoms with Gasteiger partial charge in [-0.25, -0.2) is 0 Å². The normalized spacial score (nSPS) is 21.7. The van der Waals surface area contributed by atoms with Gasteiger partial charge in [0.25, 0.3) is 0 Å². The van der Waals surface area contributed by atoms with Crippen molar-refractivity contribution in [1.82, 2.24) is 4.90 Å². The first kappa shape index (κ1) is 13.5. The lowest BCUT2D eigenvalue weighted by Gasteiger charge is -2.20. The van der Waals surface area contributed by atoms with Crippen molar-refractivity contribution in [1.29, 1.82) is 0 Å². The van der Waals surface area contributed by atoms with Crippen molar-refractivity contribution >= 4 is 39.1 Å². The first-order valence-electron chi connectivity index (χ1n) is 5.78. The van der Waals surface area contributed by atoms with Crippen LogP contribution in [0.25, 0.3) is 0 Å². The van der Waals surface area contributed by atoms with E-state index in [2.05, 4.69) is 15.9 Å². The summed E-state index contributed by atoms with van der Waals surface area (Å²) >= 11 is 4.98. The van der Waals surface area contributed by atoms with E-state index in [1.165, 1.54) is 0 Å². The van der Waals surface area contributed by atoms with Crippen molar-refractivity contribution in [2.75, 3.05) is 6.54 Å². The molecule has 4 nitrogen and oxygen atoms in total. The predicted octanol–water partition coefficient (Wildman–Crippen LogP) is 2.58. The van der Waals surface area contributed by atoms with Gasteiger partial charge in [0.1, 0.15) is 0 Å². The first-order chi connectivity index (χ1) is 8.52. The average molecular weight is 332 g/mol. The number of carboxylic acid groups (broad SMARTS) is 1. The van der Waals surface area contributed by atoms with Crippen molar-refractivity contribution in [3.63, 3.8) is 0 Å². The van der Waals surface area contributed by atoms with E-state index in [1.54, 1.807) is 16.2 Å². The van der Waals surface area contributed by atoms with Gasteiger partial charge < -0.3 is 10.0 Å². The van der Waals surface area contributed by atoms with Gasteiger partial charge in [-0.05, 0) is 41.4 Å². The lowest BCUT2D eigenvalue weighted by molar-refractivity contribution is -0.142. The Bertz CT molecular complexity index is 474. The van der Waals surface area contributed by atoms with Crippen LogP contribution in [0.15, 0.2) is 15.9 Å². The van der Waals surface area contributed by atoms with Gasteiger partial charge in [0, 0.05) is 11.4 Å². The summed E-state index contributed by atoms with van der Waals surface area (Å²) in [4.78, 5) is 25.7. The van der Waals surface area contributed by atoms with Gasteiger partial charge in [-0.3, -0.25) is 9.59 Å². The Hall–Kier alpha value is -0.880. The standard InChI is InChI=1S/C12H14BrNO3S/c1-2-14(6-7-3-4-10(13)18-7)11(15)8-5-9(8)12(16)17/h3-4,8-9H,2,5-6H2,1H3,(H,16,17). The molecule has 0 radical (unpaired) electrons. The van der Waals surface area contributed by atoms with Crippen LogP contribution in [0.5, 0.6) is 0 Å². The quantitative estimate of drug-likeness (QED) is 0.902. The predicted molar refractivity (Wildman–Crippen MR) is 72.3 cm³/mol. The zero-order chi connectivity index (χ0) is 13.3. The maximum atomic E-state index is 12.1. The number of carboxylic acids is 1. The van der Waals surface area contributed by atoms with E-state index in [-0.39, 0.29) is 11.8 Å². The summed E-state index contributed by atoms with van der Waals surface area (Å²) in [5, 5.41) is 8.85. The van der Waals surface area contributed by atoms with Gasteiger partial charge in [-0.15, -0.1) is 11.3 Å². The van der Waals surface area contributed by atoms with Crippen LogP contribution in [0.4, 0.5) is 0 Å². The molecular formula is C12H14BrNO3S. The zero-order valence-electron chi connectivity index (χ0n) is 9.93. The number of hydrogen-bond acceptors (Lipinski definition) is 3. The molecule has 0 aliphatic heterocycles. The third-order valence-corrected chi connectivity index (χ3v) is 4.70. The van der Waals surface area contributed by atoms with E-state index in [0.29, 0.717) is 19.5 Å². The average Bonchev–Trinajstić information content (AvgIpc) is 3.03. The molecular weight excluding hydrogens is 318 g/mol. The van der Waals surface area contributed by atoms with Crippen LogP contribution < -0.4 is 0 Å². The minimum atomic E-state index is -0.858. The van der Waals surface area contributed by atoms with Gasteiger partial charge in [0.2, 0.25) is 5.91 Å². The molecule has 1 aromatic rings. The number of carbonyl (C=O) groups excluding carboxylic acids is 1. The van der Waals surface area contributed by atoms with Crippen LogP contribution in [0, 0.1) is 11.8 Å². The fourth-order valence-corrected chi connectivity index (χ4v) is 3.44. The number of thiophene rings is 1. The molecule has 1 aromatic heterocycles. The number of aliphatic carboxylic acids is 1. The van der Waals surface area contributed by atoms with Gasteiger partial charge in [0.15, 0.2) is 0 Å². The number of amides is 1. The Morgan fingerprint density at radius 3 is 2.67 bits per heavy atom. The largest absolute Gasteiger partial charge is 0.481 e. The Morgan fingerprint density at radius 1 is 1.50 bits per heavy atom. The van der Waals surface area contributed by atoms with E-state index in [1.807, 2.05) is 19.1 Å². The lowest BCUT2D eigenvalue weighted by atomic mass is 10.2. The highest BCUT2D eigenvalue weighted by Crippen LogP contribution is 2.40. The molecule has 2 unspecified atom stereocenters. The minimum absolute atomic E-state index is 0.0329. The van der Waals surface area contributed by atoms with Crippen LogP contribution in [-0.4, -0.2) is 28.4 Å². The van der Waals surface area contributed by atoms with Gasteiger partial charge >= 0.3 is 5.97 Å². The topological polar surface area (TPSA) is 57.6 Å². The molecule has 1 aliphatic rings. The molecule has 6 heteroatoms. The van der Waals surface area contributed by atoms with Gasteiger partial charge in [-0.2, -0.15) is 0 Å². The molecule has 0 bridgehead atoms. The van der Waals surface area contributed by atoms with Crippen molar-refractivity contribution in [3.8, 4) is 0 Å². The Kier molecular flexibility index (Phi) is 4.07. The second kappa shape index (κ2) is 5.40. The summed E-state index contributed by atoms with van der Waals surface area (Å²) in [6.45, 7) is 3.09. The molecule has 0 saturated heterocycles. The summed E-state index contributed by atoms with van der Waals surface area (Å²) < 4.78 is 1.04. The fourth-order valence-electron chi connectivity index (χ4n) is 1.95. The maximum Gasteiger partial charge on any atom is 0.307 e. The number of hydrogen-bond donors (Lipinski definition) is 1. The molecule has 1 amide bonds. The van der Waals surface area contributed by atoms with E-state index in [0.717, 1.165) is 8.66 Å². The summed E-state index contributed by atoms with van der Waals surface area (Å²) in [7, 11) is 0. The first-order valence-corrected chi connectivity index (χ1v) is 7.39. The molecule has 0 aromatic carbocycles. The van der Waals surface area contributed by atoms with E-state index in [9.17, 15) is 9.59 Å². The van der Waals surface area contributed by atoms with Crippen LogP contribution in [0.3, 0.4) is 0 Å². The highest BCUT2D eigenvalue weighted by Gasteiger charge is 2.49. The second-order valence-electron chi connectivity index (χ2n) is 4.35. The van der Waals surface area contributed by atoms with Gasteiger partial charge in [0.05, 0.1) is 22.2 Å². The number of carbonyl (C=O) groups is 2. The van der Waals surface area contributed by atoms with Crippen LogP contribution in [-0.2, 0) is 16.1 Å². The molecule has 1 saturated carbocycles. The Morgan fingerprint density at radius 2 is 2.22 bits per heavy atom. The lowest BCUT2D eigenvalue weighted by Crippen LogP contribution is -2.32. The Balaban J connectivity index is 1.97. The van der Waals surface area contributed by atoms with Crippen molar-refractivity contribution in [3.05, 3.63) is 20.8 Å². The Labute approximate surface area is 118 Å². The van der Waals surface area contributed by atoms with Crippen LogP contribution in [0.2, 0.25) is 0 Å². The zero-order valence-corrected chi connectivity index (χ0v) is 12.3. The van der Waals surface area contributed by atoms with Crippen molar-refractivity contribution in [2.45, 2.75) is 19.9 Å².